The lowest BCUT2D eigenvalue weighted by atomic mass is 9.74. The standard InChI is InChI=1S/C28H41NO/c1-25(2,3)18-13-19(26(4,5)6)15-21(14-18)29-23-17-20(27(7,8)9)16-22(24(23)30)28(10,11)12/h13-17H,1-12H3. The Morgan fingerprint density at radius 1 is 0.600 bits per heavy atom. The molecule has 0 radical (unpaired) electrons. The maximum absolute atomic E-state index is 13.4. The van der Waals surface area contributed by atoms with Crippen LogP contribution in [0.3, 0.4) is 0 Å². The van der Waals surface area contributed by atoms with Gasteiger partial charge in [0.1, 0.15) is 5.71 Å². The number of Topliss-reactive ketones (excluding diaryl/α,β-unsaturated/α-hetero) is 1. The van der Waals surface area contributed by atoms with E-state index in [1.165, 1.54) is 11.1 Å². The van der Waals surface area contributed by atoms with Gasteiger partial charge < -0.3 is 0 Å². The third kappa shape index (κ3) is 5.59. The zero-order chi connectivity index (χ0) is 23.3. The molecule has 0 amide bonds. The van der Waals surface area contributed by atoms with Crippen LogP contribution in [0.4, 0.5) is 5.69 Å². The summed E-state index contributed by atoms with van der Waals surface area (Å²) in [5, 5.41) is 0. The molecule has 0 bridgehead atoms. The van der Waals surface area contributed by atoms with Gasteiger partial charge in [-0.2, -0.15) is 0 Å². The van der Waals surface area contributed by atoms with E-state index in [0.29, 0.717) is 5.71 Å². The van der Waals surface area contributed by atoms with Gasteiger partial charge in [0.25, 0.3) is 0 Å². The SMILES string of the molecule is CC(C)(C)C1=CC(=Nc2cc(C(C)(C)C)cc(C(C)(C)C)c2)C(=O)C(C(C)(C)C)=C1. The van der Waals surface area contributed by atoms with Crippen LogP contribution in [0.5, 0.6) is 0 Å². The van der Waals surface area contributed by atoms with Crippen molar-refractivity contribution in [3.05, 3.63) is 52.6 Å². The van der Waals surface area contributed by atoms with Gasteiger partial charge in [-0.3, -0.25) is 4.79 Å². The van der Waals surface area contributed by atoms with Crippen LogP contribution < -0.4 is 0 Å². The molecule has 164 valence electrons. The number of hydrogen-bond acceptors (Lipinski definition) is 2. The van der Waals surface area contributed by atoms with Crippen molar-refractivity contribution in [3.8, 4) is 0 Å². The molecule has 0 heterocycles. The Morgan fingerprint density at radius 3 is 1.43 bits per heavy atom. The second kappa shape index (κ2) is 7.62. The summed E-state index contributed by atoms with van der Waals surface area (Å²) in [5.74, 6) is 0.0361. The fourth-order valence-electron chi connectivity index (χ4n) is 3.37. The molecule has 0 aromatic heterocycles. The molecular weight excluding hydrogens is 366 g/mol. The number of nitrogens with zero attached hydrogens (tertiary/aromatic N) is 1. The third-order valence-corrected chi connectivity index (χ3v) is 5.64. The smallest absolute Gasteiger partial charge is 0.207 e. The number of aliphatic imine (C=N–C) groups is 1. The first-order valence-electron chi connectivity index (χ1n) is 11.0. The Hall–Kier alpha value is -1.96. The minimum absolute atomic E-state index is 0.00958. The number of carbonyl (C=O) groups is 1. The second-order valence-corrected chi connectivity index (χ2v) is 12.8. The molecular formula is C28H41NO. The van der Waals surface area contributed by atoms with Crippen molar-refractivity contribution in [1.29, 1.82) is 0 Å². The lowest BCUT2D eigenvalue weighted by Crippen LogP contribution is -2.29. The second-order valence-electron chi connectivity index (χ2n) is 12.8. The van der Waals surface area contributed by atoms with Gasteiger partial charge in [-0.15, -0.1) is 0 Å². The first-order chi connectivity index (χ1) is 13.3. The quantitative estimate of drug-likeness (QED) is 0.435. The van der Waals surface area contributed by atoms with E-state index < -0.39 is 0 Å². The predicted octanol–water partition coefficient (Wildman–Crippen LogP) is 7.88. The Morgan fingerprint density at radius 2 is 1.07 bits per heavy atom. The third-order valence-electron chi connectivity index (χ3n) is 5.64. The molecule has 0 unspecified atom stereocenters. The molecule has 1 aromatic carbocycles. The van der Waals surface area contributed by atoms with Crippen LogP contribution >= 0.6 is 0 Å². The van der Waals surface area contributed by atoms with Gasteiger partial charge in [-0.1, -0.05) is 95.2 Å². The molecule has 1 aliphatic carbocycles. The Bertz CT molecular complexity index is 895. The zero-order valence-corrected chi connectivity index (χ0v) is 21.2. The molecule has 0 saturated carbocycles. The van der Waals surface area contributed by atoms with Gasteiger partial charge in [0.15, 0.2) is 0 Å². The molecule has 0 saturated heterocycles. The van der Waals surface area contributed by atoms with E-state index in [0.717, 1.165) is 16.8 Å². The number of carbonyl (C=O) groups excluding carboxylic acids is 1. The van der Waals surface area contributed by atoms with Crippen molar-refractivity contribution < 1.29 is 4.79 Å². The summed E-state index contributed by atoms with van der Waals surface area (Å²) in [7, 11) is 0. The molecule has 0 N–H and O–H groups in total. The van der Waals surface area contributed by atoms with E-state index in [2.05, 4.69) is 107 Å². The minimum atomic E-state index is -0.230. The average Bonchev–Trinajstić information content (AvgIpc) is 2.52. The van der Waals surface area contributed by atoms with E-state index in [-0.39, 0.29) is 27.4 Å². The van der Waals surface area contributed by atoms with Gasteiger partial charge in [0.05, 0.1) is 5.69 Å². The van der Waals surface area contributed by atoms with E-state index in [4.69, 9.17) is 4.99 Å². The van der Waals surface area contributed by atoms with Crippen LogP contribution in [0.2, 0.25) is 0 Å². The summed E-state index contributed by atoms with van der Waals surface area (Å²) in [6, 6.07) is 6.55. The minimum Gasteiger partial charge on any atom is -0.287 e. The highest BCUT2D eigenvalue weighted by Crippen LogP contribution is 2.38. The highest BCUT2D eigenvalue weighted by atomic mass is 16.1. The lowest BCUT2D eigenvalue weighted by molar-refractivity contribution is -0.110. The molecule has 0 spiro atoms. The summed E-state index contributed by atoms with van der Waals surface area (Å²) < 4.78 is 0. The molecule has 1 aliphatic rings. The van der Waals surface area contributed by atoms with Crippen molar-refractivity contribution in [3.63, 3.8) is 0 Å². The van der Waals surface area contributed by atoms with Gasteiger partial charge in [0, 0.05) is 5.57 Å². The van der Waals surface area contributed by atoms with Crippen molar-refractivity contribution in [2.24, 2.45) is 15.8 Å². The first kappa shape index (κ1) is 24.3. The fourth-order valence-corrected chi connectivity index (χ4v) is 3.37. The number of allylic oxidation sites excluding steroid dienone is 4. The summed E-state index contributed by atoms with van der Waals surface area (Å²) in [5.41, 5.74) is 5.59. The largest absolute Gasteiger partial charge is 0.287 e. The zero-order valence-electron chi connectivity index (χ0n) is 21.2. The Labute approximate surface area is 184 Å². The van der Waals surface area contributed by atoms with E-state index >= 15 is 0 Å². The van der Waals surface area contributed by atoms with Crippen molar-refractivity contribution >= 4 is 17.2 Å². The topological polar surface area (TPSA) is 29.4 Å². The highest BCUT2D eigenvalue weighted by molar-refractivity contribution is 6.51. The van der Waals surface area contributed by atoms with Gasteiger partial charge in [0.2, 0.25) is 5.78 Å². The number of hydrogen-bond donors (Lipinski definition) is 0. The van der Waals surface area contributed by atoms with E-state index in [1.807, 2.05) is 6.08 Å². The molecule has 0 fully saturated rings. The Kier molecular flexibility index (Phi) is 6.18. The van der Waals surface area contributed by atoms with Crippen molar-refractivity contribution in [1.82, 2.24) is 0 Å². The maximum atomic E-state index is 13.4. The monoisotopic (exact) mass is 407 g/mol. The summed E-state index contributed by atoms with van der Waals surface area (Å²) >= 11 is 0. The fraction of sp³-hybridized carbons (Fsp3) is 0.571. The van der Waals surface area contributed by atoms with Crippen LogP contribution in [0.25, 0.3) is 0 Å². The molecule has 1 aromatic rings. The lowest BCUT2D eigenvalue weighted by Gasteiger charge is -2.30. The number of ketones is 1. The average molecular weight is 408 g/mol. The van der Waals surface area contributed by atoms with Gasteiger partial charge in [-0.05, 0) is 56.6 Å². The highest BCUT2D eigenvalue weighted by Gasteiger charge is 2.32. The molecule has 30 heavy (non-hydrogen) atoms. The van der Waals surface area contributed by atoms with Gasteiger partial charge in [-0.25, -0.2) is 4.99 Å². The molecule has 2 rings (SSSR count). The molecule has 2 nitrogen and oxygen atoms in total. The normalized spacial score (nSPS) is 17.9. The number of rotatable bonds is 1. The summed E-state index contributed by atoms with van der Waals surface area (Å²) in [6.07, 6.45) is 4.06. The molecule has 0 aliphatic heterocycles. The van der Waals surface area contributed by atoms with Crippen molar-refractivity contribution in [2.45, 2.75) is 93.9 Å². The van der Waals surface area contributed by atoms with E-state index in [1.54, 1.807) is 0 Å². The maximum Gasteiger partial charge on any atom is 0.207 e. The van der Waals surface area contributed by atoms with Crippen LogP contribution in [0.1, 0.15) is 94.2 Å². The van der Waals surface area contributed by atoms with Crippen LogP contribution in [0.15, 0.2) is 46.5 Å². The van der Waals surface area contributed by atoms with Gasteiger partial charge >= 0.3 is 0 Å². The summed E-state index contributed by atoms with van der Waals surface area (Å²) in [6.45, 7) is 26.1. The molecule has 0 atom stereocenters. The van der Waals surface area contributed by atoms with Crippen LogP contribution in [0, 0.1) is 10.8 Å². The first-order valence-corrected chi connectivity index (χ1v) is 11.0. The van der Waals surface area contributed by atoms with Crippen LogP contribution in [-0.2, 0) is 15.6 Å². The molecule has 2 heteroatoms. The summed E-state index contributed by atoms with van der Waals surface area (Å²) in [4.78, 5) is 18.3. The predicted molar refractivity (Wildman–Crippen MR) is 131 cm³/mol. The van der Waals surface area contributed by atoms with Crippen molar-refractivity contribution in [2.75, 3.05) is 0 Å². The van der Waals surface area contributed by atoms with Crippen LogP contribution in [-0.4, -0.2) is 11.5 Å². The van der Waals surface area contributed by atoms with E-state index in [9.17, 15) is 4.79 Å². The number of benzene rings is 1. The Balaban J connectivity index is 2.73.